The van der Waals surface area contributed by atoms with Crippen LogP contribution in [0.4, 0.5) is 0 Å². The Morgan fingerprint density at radius 1 is 1.33 bits per heavy atom. The Morgan fingerprint density at radius 2 is 2.00 bits per heavy atom. The number of carbonyl (C=O) groups is 2. The van der Waals surface area contributed by atoms with Crippen LogP contribution < -0.4 is 0 Å². The second-order valence-electron chi connectivity index (χ2n) is 4.93. The smallest absolute Gasteiger partial charge is 0.220 e. The largest absolute Gasteiger partial charge is 0.509 e. The SMILES string of the molecule is CC(=O)c1ccc(C#CC2(C)SC(=O)C(C)=C2O)cc1O. The fourth-order valence-corrected chi connectivity index (χ4v) is 2.92. The highest BCUT2D eigenvalue weighted by atomic mass is 32.2. The van der Waals surface area contributed by atoms with E-state index in [0.29, 0.717) is 11.1 Å². The number of benzene rings is 1. The molecule has 2 N–H and O–H groups in total. The average Bonchev–Trinajstić information content (AvgIpc) is 2.61. The molecule has 0 saturated heterocycles. The molecule has 0 fully saturated rings. The quantitative estimate of drug-likeness (QED) is 0.616. The van der Waals surface area contributed by atoms with Gasteiger partial charge >= 0.3 is 0 Å². The Kier molecular flexibility index (Phi) is 3.84. The molecule has 0 saturated carbocycles. The number of thioether (sulfide) groups is 1. The van der Waals surface area contributed by atoms with Crippen molar-refractivity contribution in [2.24, 2.45) is 0 Å². The zero-order chi connectivity index (χ0) is 15.8. The van der Waals surface area contributed by atoms with E-state index >= 15 is 0 Å². The monoisotopic (exact) mass is 302 g/mol. The molecule has 108 valence electrons. The Balaban J connectivity index is 2.35. The first-order chi connectivity index (χ1) is 9.74. The van der Waals surface area contributed by atoms with Gasteiger partial charge in [0.2, 0.25) is 5.12 Å². The van der Waals surface area contributed by atoms with Crippen LogP contribution in [0, 0.1) is 11.8 Å². The Bertz CT molecular complexity index is 736. The summed E-state index contributed by atoms with van der Waals surface area (Å²) in [7, 11) is 0. The first kappa shape index (κ1) is 15.2. The van der Waals surface area contributed by atoms with E-state index in [0.717, 1.165) is 11.8 Å². The number of ketones is 1. The molecular weight excluding hydrogens is 288 g/mol. The summed E-state index contributed by atoms with van der Waals surface area (Å²) in [4.78, 5) is 22.8. The lowest BCUT2D eigenvalue weighted by Gasteiger charge is -2.14. The van der Waals surface area contributed by atoms with Gasteiger partial charge in [0.05, 0.1) is 5.56 Å². The molecular formula is C16H14O4S. The summed E-state index contributed by atoms with van der Waals surface area (Å²) in [5.41, 5.74) is 1.05. The molecule has 2 rings (SSSR count). The molecule has 1 aromatic carbocycles. The van der Waals surface area contributed by atoms with E-state index in [4.69, 9.17) is 0 Å². The summed E-state index contributed by atoms with van der Waals surface area (Å²) >= 11 is 0.962. The highest BCUT2D eigenvalue weighted by Crippen LogP contribution is 2.41. The van der Waals surface area contributed by atoms with Crippen LogP contribution in [0.2, 0.25) is 0 Å². The van der Waals surface area contributed by atoms with Gasteiger partial charge in [-0.3, -0.25) is 9.59 Å². The van der Waals surface area contributed by atoms with Crippen LogP contribution in [0.15, 0.2) is 29.5 Å². The lowest BCUT2D eigenvalue weighted by Crippen LogP contribution is -2.17. The molecule has 1 aliphatic rings. The van der Waals surface area contributed by atoms with Crippen LogP contribution in [0.25, 0.3) is 0 Å². The summed E-state index contributed by atoms with van der Waals surface area (Å²) in [6, 6.07) is 4.50. The van der Waals surface area contributed by atoms with Crippen LogP contribution in [0.5, 0.6) is 5.75 Å². The number of Topliss-reactive ketones (excluding diaryl/α,β-unsaturated/α-hetero) is 1. The number of aliphatic hydroxyl groups excluding tert-OH is 1. The Morgan fingerprint density at radius 3 is 2.48 bits per heavy atom. The van der Waals surface area contributed by atoms with E-state index in [-0.39, 0.29) is 28.0 Å². The van der Waals surface area contributed by atoms with Crippen molar-refractivity contribution in [2.45, 2.75) is 25.5 Å². The minimum Gasteiger partial charge on any atom is -0.509 e. The molecule has 0 radical (unpaired) electrons. The number of aromatic hydroxyl groups is 1. The predicted octanol–water partition coefficient (Wildman–Crippen LogP) is 2.81. The van der Waals surface area contributed by atoms with Crippen LogP contribution in [-0.4, -0.2) is 25.9 Å². The average molecular weight is 302 g/mol. The van der Waals surface area contributed by atoms with Gasteiger partial charge in [-0.25, -0.2) is 0 Å². The normalized spacial score (nSPS) is 21.2. The summed E-state index contributed by atoms with van der Waals surface area (Å²) in [6.45, 7) is 4.59. The van der Waals surface area contributed by atoms with Gasteiger partial charge in [-0.1, -0.05) is 23.6 Å². The van der Waals surface area contributed by atoms with Gasteiger partial charge in [0.1, 0.15) is 16.3 Å². The van der Waals surface area contributed by atoms with Gasteiger partial charge in [0, 0.05) is 11.1 Å². The topological polar surface area (TPSA) is 74.6 Å². The minimum absolute atomic E-state index is 0.0328. The molecule has 21 heavy (non-hydrogen) atoms. The predicted molar refractivity (Wildman–Crippen MR) is 81.3 cm³/mol. The second kappa shape index (κ2) is 5.30. The fraction of sp³-hybridized carbons (Fsp3) is 0.250. The molecule has 0 aromatic heterocycles. The van der Waals surface area contributed by atoms with Crippen molar-refractivity contribution in [3.8, 4) is 17.6 Å². The molecule has 5 heteroatoms. The van der Waals surface area contributed by atoms with Crippen LogP contribution >= 0.6 is 11.8 Å². The lowest BCUT2D eigenvalue weighted by atomic mass is 10.0. The maximum atomic E-state index is 11.6. The molecule has 1 atom stereocenters. The maximum absolute atomic E-state index is 11.6. The van der Waals surface area contributed by atoms with Crippen LogP contribution in [0.1, 0.15) is 36.7 Å². The number of rotatable bonds is 1. The highest BCUT2D eigenvalue weighted by Gasteiger charge is 2.40. The molecule has 1 aliphatic heterocycles. The molecule has 0 aliphatic carbocycles. The van der Waals surface area contributed by atoms with Crippen molar-refractivity contribution in [1.29, 1.82) is 0 Å². The van der Waals surface area contributed by atoms with Crippen LogP contribution in [0.3, 0.4) is 0 Å². The molecule has 4 nitrogen and oxygen atoms in total. The van der Waals surface area contributed by atoms with Crippen molar-refractivity contribution in [3.63, 3.8) is 0 Å². The van der Waals surface area contributed by atoms with Crippen LogP contribution in [-0.2, 0) is 4.79 Å². The van der Waals surface area contributed by atoms with E-state index in [2.05, 4.69) is 11.8 Å². The number of hydrogen-bond donors (Lipinski definition) is 2. The van der Waals surface area contributed by atoms with E-state index in [1.165, 1.54) is 19.1 Å². The summed E-state index contributed by atoms with van der Waals surface area (Å²) in [5, 5.41) is 19.5. The third kappa shape index (κ3) is 2.81. The van der Waals surface area contributed by atoms with E-state index in [1.807, 2.05) is 0 Å². The maximum Gasteiger partial charge on any atom is 0.220 e. The minimum atomic E-state index is -0.976. The van der Waals surface area contributed by atoms with Crippen molar-refractivity contribution < 1.29 is 19.8 Å². The summed E-state index contributed by atoms with van der Waals surface area (Å²) < 4.78 is -0.976. The van der Waals surface area contributed by atoms with E-state index in [1.54, 1.807) is 19.9 Å². The van der Waals surface area contributed by atoms with Gasteiger partial charge in [0.15, 0.2) is 5.78 Å². The summed E-state index contributed by atoms with van der Waals surface area (Å²) in [5.74, 6) is 5.27. The number of aliphatic hydroxyl groups is 1. The standard InChI is InChI=1S/C16H14O4S/c1-9-14(19)16(3,21-15(9)20)7-6-11-4-5-12(10(2)17)13(18)8-11/h4-5,8,18-19H,1-3H3. The number of phenols is 1. The van der Waals surface area contributed by atoms with E-state index < -0.39 is 4.75 Å². The lowest BCUT2D eigenvalue weighted by molar-refractivity contribution is -0.107. The molecule has 0 bridgehead atoms. The van der Waals surface area contributed by atoms with Gasteiger partial charge in [-0.2, -0.15) is 0 Å². The zero-order valence-electron chi connectivity index (χ0n) is 11.9. The van der Waals surface area contributed by atoms with Crippen molar-refractivity contribution in [2.75, 3.05) is 0 Å². The molecule has 1 aromatic rings. The van der Waals surface area contributed by atoms with Gasteiger partial charge < -0.3 is 10.2 Å². The molecule has 0 spiro atoms. The Hall–Kier alpha value is -2.19. The first-order valence-electron chi connectivity index (χ1n) is 6.25. The van der Waals surface area contributed by atoms with Crippen molar-refractivity contribution in [3.05, 3.63) is 40.7 Å². The third-order valence-corrected chi connectivity index (χ3v) is 4.43. The van der Waals surface area contributed by atoms with E-state index in [9.17, 15) is 19.8 Å². The number of carbonyl (C=O) groups excluding carboxylic acids is 2. The second-order valence-corrected chi connectivity index (χ2v) is 6.33. The first-order valence-corrected chi connectivity index (χ1v) is 7.07. The fourth-order valence-electron chi connectivity index (χ4n) is 1.95. The van der Waals surface area contributed by atoms with Gasteiger partial charge in [-0.15, -0.1) is 0 Å². The highest BCUT2D eigenvalue weighted by molar-refractivity contribution is 8.16. The molecule has 1 unspecified atom stereocenters. The number of phenolic OH excluding ortho intramolecular Hbond substituents is 1. The molecule has 1 heterocycles. The van der Waals surface area contributed by atoms with Gasteiger partial charge in [-0.05, 0) is 39.0 Å². The zero-order valence-corrected chi connectivity index (χ0v) is 12.7. The summed E-state index contributed by atoms with van der Waals surface area (Å²) in [6.07, 6.45) is 0. The van der Waals surface area contributed by atoms with Crippen molar-refractivity contribution in [1.82, 2.24) is 0 Å². The Labute approximate surface area is 126 Å². The van der Waals surface area contributed by atoms with Crippen molar-refractivity contribution >= 4 is 22.7 Å². The van der Waals surface area contributed by atoms with Gasteiger partial charge in [0.25, 0.3) is 0 Å². The number of hydrogen-bond acceptors (Lipinski definition) is 5. The molecule has 0 amide bonds. The third-order valence-electron chi connectivity index (χ3n) is 3.23.